The van der Waals surface area contributed by atoms with Gasteiger partial charge in [0.15, 0.2) is 0 Å². The van der Waals surface area contributed by atoms with Crippen molar-refractivity contribution in [2.75, 3.05) is 0 Å². The van der Waals surface area contributed by atoms with Crippen LogP contribution >= 0.6 is 0 Å². The minimum Gasteiger partial charge on any atom is -0.275 e. The highest BCUT2D eigenvalue weighted by molar-refractivity contribution is 5.67. The maximum Gasteiger partial charge on any atom is 0.264 e. The van der Waals surface area contributed by atoms with E-state index in [-0.39, 0.29) is 5.56 Å². The van der Waals surface area contributed by atoms with Gasteiger partial charge in [0.2, 0.25) is 0 Å². The molecule has 2 rings (SSSR count). The Balaban J connectivity index is 2.60. The zero-order valence-electron chi connectivity index (χ0n) is 9.11. The lowest BCUT2D eigenvalue weighted by atomic mass is 9.98. The first-order valence-electron chi connectivity index (χ1n) is 4.96. The molecule has 2 aromatic rings. The van der Waals surface area contributed by atoms with Crippen molar-refractivity contribution in [2.24, 2.45) is 7.05 Å². The van der Waals surface area contributed by atoms with Gasteiger partial charge in [-0.3, -0.25) is 4.68 Å². The van der Waals surface area contributed by atoms with Crippen LogP contribution in [0.4, 0.5) is 8.78 Å². The third-order valence-electron chi connectivity index (χ3n) is 2.56. The fourth-order valence-corrected chi connectivity index (χ4v) is 1.78. The fraction of sp³-hybridized carbons (Fsp3) is 0.250. The maximum absolute atomic E-state index is 13.0. The van der Waals surface area contributed by atoms with Gasteiger partial charge in [-0.1, -0.05) is 18.2 Å². The van der Waals surface area contributed by atoms with Gasteiger partial charge in [0, 0.05) is 24.4 Å². The molecule has 0 N–H and O–H groups in total. The van der Waals surface area contributed by atoms with Crippen molar-refractivity contribution in [3.05, 3.63) is 41.7 Å². The Kier molecular flexibility index (Phi) is 2.73. The molecule has 0 saturated carbocycles. The Morgan fingerprint density at radius 3 is 2.62 bits per heavy atom. The summed E-state index contributed by atoms with van der Waals surface area (Å²) in [6.45, 7) is 1.70. The molecule has 0 bridgehead atoms. The Morgan fingerprint density at radius 2 is 2.06 bits per heavy atom. The molecule has 0 aliphatic rings. The summed E-state index contributed by atoms with van der Waals surface area (Å²) in [5.74, 6) is 0. The van der Waals surface area contributed by atoms with Crippen molar-refractivity contribution in [2.45, 2.75) is 13.3 Å². The van der Waals surface area contributed by atoms with Crippen molar-refractivity contribution in [1.82, 2.24) is 9.78 Å². The highest BCUT2D eigenvalue weighted by Gasteiger charge is 2.17. The molecule has 1 aromatic heterocycles. The lowest BCUT2D eigenvalue weighted by molar-refractivity contribution is 0.151. The van der Waals surface area contributed by atoms with Crippen LogP contribution in [0.15, 0.2) is 30.6 Å². The van der Waals surface area contributed by atoms with Gasteiger partial charge in [-0.15, -0.1) is 0 Å². The minimum absolute atomic E-state index is 0.0931. The Hall–Kier alpha value is -1.71. The van der Waals surface area contributed by atoms with Gasteiger partial charge in [0.05, 0.1) is 6.20 Å². The van der Waals surface area contributed by atoms with Gasteiger partial charge in [-0.05, 0) is 18.1 Å². The zero-order valence-corrected chi connectivity index (χ0v) is 9.11. The highest BCUT2D eigenvalue weighted by Crippen LogP contribution is 2.33. The number of aromatic nitrogens is 2. The maximum atomic E-state index is 13.0. The van der Waals surface area contributed by atoms with Gasteiger partial charge in [-0.25, -0.2) is 8.78 Å². The van der Waals surface area contributed by atoms with E-state index >= 15 is 0 Å². The number of aryl methyl sites for hydroxylation is 2. The molecule has 1 aromatic carbocycles. The average Bonchev–Trinajstić information content (AvgIpc) is 2.63. The van der Waals surface area contributed by atoms with E-state index in [1.165, 1.54) is 0 Å². The SMILES string of the molecule is Cc1cccc(-c2cnn(C)c2)c1C(F)F. The van der Waals surface area contributed by atoms with E-state index in [0.717, 1.165) is 5.56 Å². The summed E-state index contributed by atoms with van der Waals surface area (Å²) >= 11 is 0. The van der Waals surface area contributed by atoms with Crippen molar-refractivity contribution < 1.29 is 8.78 Å². The molecular weight excluding hydrogens is 210 g/mol. The molecule has 0 radical (unpaired) electrons. The molecular formula is C12H12F2N2. The third-order valence-corrected chi connectivity index (χ3v) is 2.56. The number of hydrogen-bond donors (Lipinski definition) is 0. The Bertz CT molecular complexity index is 503. The van der Waals surface area contributed by atoms with E-state index < -0.39 is 6.43 Å². The topological polar surface area (TPSA) is 17.8 Å². The number of halogens is 2. The lowest BCUT2D eigenvalue weighted by Crippen LogP contribution is -1.93. The number of alkyl halides is 2. The molecule has 0 fully saturated rings. The second-order valence-electron chi connectivity index (χ2n) is 3.74. The van der Waals surface area contributed by atoms with E-state index in [1.807, 2.05) is 0 Å². The Labute approximate surface area is 92.5 Å². The normalized spacial score (nSPS) is 11.1. The summed E-state index contributed by atoms with van der Waals surface area (Å²) < 4.78 is 27.5. The number of nitrogens with zero attached hydrogens (tertiary/aromatic N) is 2. The van der Waals surface area contributed by atoms with Crippen LogP contribution in [-0.2, 0) is 7.05 Å². The summed E-state index contributed by atoms with van der Waals surface area (Å²) in [6, 6.07) is 5.18. The predicted molar refractivity (Wildman–Crippen MR) is 58.3 cm³/mol. The minimum atomic E-state index is -2.46. The molecule has 0 atom stereocenters. The molecule has 4 heteroatoms. The van der Waals surface area contributed by atoms with Crippen LogP contribution in [0.5, 0.6) is 0 Å². The Morgan fingerprint density at radius 1 is 1.31 bits per heavy atom. The standard InChI is InChI=1S/C12H12F2N2/c1-8-4-3-5-10(11(8)12(13)14)9-6-15-16(2)7-9/h3-7,12H,1-2H3. The second-order valence-corrected chi connectivity index (χ2v) is 3.74. The molecule has 0 saturated heterocycles. The summed E-state index contributed by atoms with van der Waals surface area (Å²) in [4.78, 5) is 0. The van der Waals surface area contributed by atoms with E-state index in [9.17, 15) is 8.78 Å². The third kappa shape index (κ3) is 1.83. The molecule has 0 aliphatic carbocycles. The second kappa shape index (κ2) is 4.04. The van der Waals surface area contributed by atoms with Crippen LogP contribution in [-0.4, -0.2) is 9.78 Å². The predicted octanol–water partition coefficient (Wildman–Crippen LogP) is 3.33. The van der Waals surface area contributed by atoms with Crippen molar-refractivity contribution in [3.63, 3.8) is 0 Å². The zero-order chi connectivity index (χ0) is 11.7. The number of rotatable bonds is 2. The lowest BCUT2D eigenvalue weighted by Gasteiger charge is -2.10. The summed E-state index contributed by atoms with van der Waals surface area (Å²) in [5, 5.41) is 3.99. The first-order valence-corrected chi connectivity index (χ1v) is 4.96. The number of hydrogen-bond acceptors (Lipinski definition) is 1. The first-order chi connectivity index (χ1) is 7.59. The molecule has 1 heterocycles. The van der Waals surface area contributed by atoms with Crippen molar-refractivity contribution >= 4 is 0 Å². The van der Waals surface area contributed by atoms with Crippen LogP contribution in [0.25, 0.3) is 11.1 Å². The van der Waals surface area contributed by atoms with Gasteiger partial charge in [0.1, 0.15) is 0 Å². The molecule has 2 nitrogen and oxygen atoms in total. The van der Waals surface area contributed by atoms with Gasteiger partial charge < -0.3 is 0 Å². The summed E-state index contributed by atoms with van der Waals surface area (Å²) in [6.07, 6.45) is 0.873. The smallest absolute Gasteiger partial charge is 0.264 e. The molecule has 84 valence electrons. The van der Waals surface area contributed by atoms with Crippen LogP contribution in [0, 0.1) is 6.92 Å². The van der Waals surface area contributed by atoms with Crippen molar-refractivity contribution in [3.8, 4) is 11.1 Å². The van der Waals surface area contributed by atoms with E-state index in [2.05, 4.69) is 5.10 Å². The fourth-order valence-electron chi connectivity index (χ4n) is 1.78. The summed E-state index contributed by atoms with van der Waals surface area (Å²) in [7, 11) is 1.77. The first kappa shape index (κ1) is 10.8. The molecule has 16 heavy (non-hydrogen) atoms. The average molecular weight is 222 g/mol. The van der Waals surface area contributed by atoms with E-state index in [4.69, 9.17) is 0 Å². The van der Waals surface area contributed by atoms with E-state index in [0.29, 0.717) is 11.1 Å². The highest BCUT2D eigenvalue weighted by atomic mass is 19.3. The van der Waals surface area contributed by atoms with Gasteiger partial charge in [0.25, 0.3) is 6.43 Å². The summed E-state index contributed by atoms with van der Waals surface area (Å²) in [5.41, 5.74) is 1.98. The van der Waals surface area contributed by atoms with Gasteiger partial charge in [-0.2, -0.15) is 5.10 Å². The molecule has 0 aliphatic heterocycles. The quantitative estimate of drug-likeness (QED) is 0.762. The molecule has 0 unspecified atom stereocenters. The monoisotopic (exact) mass is 222 g/mol. The van der Waals surface area contributed by atoms with Crippen LogP contribution < -0.4 is 0 Å². The number of benzene rings is 1. The van der Waals surface area contributed by atoms with Crippen LogP contribution in [0.3, 0.4) is 0 Å². The van der Waals surface area contributed by atoms with Crippen molar-refractivity contribution in [1.29, 1.82) is 0 Å². The van der Waals surface area contributed by atoms with Gasteiger partial charge >= 0.3 is 0 Å². The van der Waals surface area contributed by atoms with Crippen LogP contribution in [0.2, 0.25) is 0 Å². The molecule has 0 amide bonds. The largest absolute Gasteiger partial charge is 0.275 e. The molecule has 0 spiro atoms. The van der Waals surface area contributed by atoms with Crippen LogP contribution in [0.1, 0.15) is 17.6 Å². The van der Waals surface area contributed by atoms with E-state index in [1.54, 1.807) is 49.2 Å².